The van der Waals surface area contributed by atoms with Crippen molar-refractivity contribution < 1.29 is 9.47 Å². The molecule has 2 aromatic carbocycles. The molecule has 0 fully saturated rings. The van der Waals surface area contributed by atoms with Crippen LogP contribution in [0, 0.1) is 11.8 Å². The summed E-state index contributed by atoms with van der Waals surface area (Å²) >= 11 is 0. The summed E-state index contributed by atoms with van der Waals surface area (Å²) in [4.78, 5) is 0. The molecule has 0 aliphatic heterocycles. The molecular weight excluding hydrogens is 336 g/mol. The summed E-state index contributed by atoms with van der Waals surface area (Å²) in [5, 5.41) is 6.85. The van der Waals surface area contributed by atoms with Crippen LogP contribution < -0.4 is 20.1 Å². The van der Waals surface area contributed by atoms with Crippen molar-refractivity contribution in [2.75, 3.05) is 36.9 Å². The third-order valence-electron chi connectivity index (χ3n) is 4.02. The number of anilines is 2. The number of hydrogen-bond acceptors (Lipinski definition) is 4. The molecule has 0 saturated carbocycles. The van der Waals surface area contributed by atoms with Crippen LogP contribution in [-0.2, 0) is 0 Å². The minimum atomic E-state index is 0.526. The standard InChI is InChI=1S/C23H34N2O2/c1-18(2)12-15-26-22-10-8-20(9-11-22)24-13-14-25-21-6-5-7-23(16-21)27-17-19(3)4/h5-11,16,18-19,24-25H,12-15,17H2,1-4H3. The number of benzene rings is 2. The van der Waals surface area contributed by atoms with E-state index in [-0.39, 0.29) is 0 Å². The summed E-state index contributed by atoms with van der Waals surface area (Å²) in [6, 6.07) is 16.3. The molecule has 2 aromatic rings. The van der Waals surface area contributed by atoms with E-state index in [1.54, 1.807) is 0 Å². The van der Waals surface area contributed by atoms with Crippen LogP contribution in [0.2, 0.25) is 0 Å². The van der Waals surface area contributed by atoms with Crippen molar-refractivity contribution in [3.8, 4) is 11.5 Å². The van der Waals surface area contributed by atoms with E-state index in [0.29, 0.717) is 11.8 Å². The Morgan fingerprint density at radius 3 is 2.11 bits per heavy atom. The van der Waals surface area contributed by atoms with Crippen LogP contribution in [0.25, 0.3) is 0 Å². The first-order chi connectivity index (χ1) is 13.0. The Kier molecular flexibility index (Phi) is 8.82. The average molecular weight is 371 g/mol. The quantitative estimate of drug-likeness (QED) is 0.472. The van der Waals surface area contributed by atoms with Gasteiger partial charge in [0.1, 0.15) is 11.5 Å². The van der Waals surface area contributed by atoms with Gasteiger partial charge in [-0.05, 0) is 54.7 Å². The Balaban J connectivity index is 1.68. The fraction of sp³-hybridized carbons (Fsp3) is 0.478. The van der Waals surface area contributed by atoms with Crippen molar-refractivity contribution in [2.45, 2.75) is 34.1 Å². The maximum atomic E-state index is 5.77. The van der Waals surface area contributed by atoms with E-state index in [4.69, 9.17) is 9.47 Å². The second-order valence-electron chi connectivity index (χ2n) is 7.64. The molecule has 0 saturated heterocycles. The number of ether oxygens (including phenoxy) is 2. The number of rotatable bonds is 12. The third kappa shape index (κ3) is 8.72. The van der Waals surface area contributed by atoms with Gasteiger partial charge in [0, 0.05) is 30.5 Å². The molecule has 4 nitrogen and oxygen atoms in total. The summed E-state index contributed by atoms with van der Waals surface area (Å²) in [5.41, 5.74) is 2.17. The topological polar surface area (TPSA) is 42.5 Å². The zero-order chi connectivity index (χ0) is 19.5. The Morgan fingerprint density at radius 2 is 1.44 bits per heavy atom. The Hall–Kier alpha value is -2.36. The van der Waals surface area contributed by atoms with Crippen molar-refractivity contribution in [1.29, 1.82) is 0 Å². The van der Waals surface area contributed by atoms with Crippen LogP contribution in [0.1, 0.15) is 34.1 Å². The van der Waals surface area contributed by atoms with Crippen LogP contribution in [-0.4, -0.2) is 26.3 Å². The fourth-order valence-electron chi connectivity index (χ4n) is 2.45. The largest absolute Gasteiger partial charge is 0.494 e. The first-order valence-corrected chi connectivity index (χ1v) is 9.96. The molecule has 27 heavy (non-hydrogen) atoms. The van der Waals surface area contributed by atoms with Crippen molar-refractivity contribution >= 4 is 11.4 Å². The van der Waals surface area contributed by atoms with Crippen molar-refractivity contribution in [2.24, 2.45) is 11.8 Å². The van der Waals surface area contributed by atoms with Crippen LogP contribution >= 0.6 is 0 Å². The highest BCUT2D eigenvalue weighted by Crippen LogP contribution is 2.18. The minimum Gasteiger partial charge on any atom is -0.494 e. The van der Waals surface area contributed by atoms with Gasteiger partial charge in [0.15, 0.2) is 0 Å². The van der Waals surface area contributed by atoms with Crippen LogP contribution in [0.5, 0.6) is 11.5 Å². The molecule has 0 aromatic heterocycles. The molecule has 2 rings (SSSR count). The van der Waals surface area contributed by atoms with E-state index in [1.807, 2.05) is 30.3 Å². The van der Waals surface area contributed by atoms with Crippen molar-refractivity contribution in [3.63, 3.8) is 0 Å². The van der Waals surface area contributed by atoms with E-state index in [9.17, 15) is 0 Å². The van der Waals surface area contributed by atoms with Gasteiger partial charge in [0.25, 0.3) is 0 Å². The second kappa shape index (κ2) is 11.4. The molecule has 0 aliphatic carbocycles. The SMILES string of the molecule is CC(C)CCOc1ccc(NCCNc2cccc(OCC(C)C)c2)cc1. The Morgan fingerprint density at radius 1 is 0.741 bits per heavy atom. The van der Waals surface area contributed by atoms with Gasteiger partial charge in [-0.25, -0.2) is 0 Å². The molecule has 0 aliphatic rings. The molecular formula is C23H34N2O2. The summed E-state index contributed by atoms with van der Waals surface area (Å²) in [6.45, 7) is 11.9. The van der Waals surface area contributed by atoms with E-state index >= 15 is 0 Å². The van der Waals surface area contributed by atoms with E-state index in [1.165, 1.54) is 0 Å². The summed E-state index contributed by atoms with van der Waals surface area (Å²) in [7, 11) is 0. The smallest absolute Gasteiger partial charge is 0.121 e. The highest BCUT2D eigenvalue weighted by Gasteiger charge is 2.00. The lowest BCUT2D eigenvalue weighted by Gasteiger charge is -2.12. The molecule has 0 atom stereocenters. The average Bonchev–Trinajstić information content (AvgIpc) is 2.65. The molecule has 0 unspecified atom stereocenters. The monoisotopic (exact) mass is 370 g/mol. The fourth-order valence-corrected chi connectivity index (χ4v) is 2.45. The van der Waals surface area contributed by atoms with Gasteiger partial charge in [-0.2, -0.15) is 0 Å². The highest BCUT2D eigenvalue weighted by atomic mass is 16.5. The van der Waals surface area contributed by atoms with Gasteiger partial charge in [-0.3, -0.25) is 0 Å². The Bertz CT molecular complexity index is 654. The van der Waals surface area contributed by atoms with E-state index < -0.39 is 0 Å². The molecule has 0 spiro atoms. The normalized spacial score (nSPS) is 10.9. The van der Waals surface area contributed by atoms with Gasteiger partial charge < -0.3 is 20.1 Å². The molecule has 0 bridgehead atoms. The van der Waals surface area contributed by atoms with E-state index in [0.717, 1.165) is 55.6 Å². The third-order valence-corrected chi connectivity index (χ3v) is 4.02. The summed E-state index contributed by atoms with van der Waals surface area (Å²) < 4.78 is 11.5. The lowest BCUT2D eigenvalue weighted by Crippen LogP contribution is -2.13. The molecule has 0 heterocycles. The highest BCUT2D eigenvalue weighted by molar-refractivity contribution is 5.49. The maximum Gasteiger partial charge on any atom is 0.121 e. The molecule has 0 amide bonds. The maximum absolute atomic E-state index is 5.77. The van der Waals surface area contributed by atoms with Crippen LogP contribution in [0.3, 0.4) is 0 Å². The molecule has 2 N–H and O–H groups in total. The zero-order valence-electron chi connectivity index (χ0n) is 17.1. The van der Waals surface area contributed by atoms with Crippen LogP contribution in [0.4, 0.5) is 11.4 Å². The zero-order valence-corrected chi connectivity index (χ0v) is 17.1. The van der Waals surface area contributed by atoms with Crippen molar-refractivity contribution in [1.82, 2.24) is 0 Å². The molecule has 148 valence electrons. The number of nitrogens with one attached hydrogen (secondary N) is 2. The second-order valence-corrected chi connectivity index (χ2v) is 7.64. The van der Waals surface area contributed by atoms with Gasteiger partial charge in [-0.1, -0.05) is 33.8 Å². The predicted molar refractivity (Wildman–Crippen MR) is 115 cm³/mol. The van der Waals surface area contributed by atoms with Gasteiger partial charge in [0.2, 0.25) is 0 Å². The van der Waals surface area contributed by atoms with Gasteiger partial charge >= 0.3 is 0 Å². The summed E-state index contributed by atoms with van der Waals surface area (Å²) in [5.74, 6) is 3.03. The lowest BCUT2D eigenvalue weighted by molar-refractivity contribution is 0.271. The van der Waals surface area contributed by atoms with Crippen molar-refractivity contribution in [3.05, 3.63) is 48.5 Å². The lowest BCUT2D eigenvalue weighted by atomic mass is 10.1. The molecule has 4 heteroatoms. The van der Waals surface area contributed by atoms with E-state index in [2.05, 4.69) is 56.5 Å². The first kappa shape index (κ1) is 20.9. The van der Waals surface area contributed by atoms with Gasteiger partial charge in [-0.15, -0.1) is 0 Å². The summed E-state index contributed by atoms with van der Waals surface area (Å²) in [6.07, 6.45) is 1.08. The first-order valence-electron chi connectivity index (χ1n) is 9.96. The Labute approximate surface area is 164 Å². The predicted octanol–water partition coefficient (Wildman–Crippen LogP) is 5.67. The van der Waals surface area contributed by atoms with Gasteiger partial charge in [0.05, 0.1) is 13.2 Å². The molecule has 0 radical (unpaired) electrons. The minimum absolute atomic E-state index is 0.526. The van der Waals surface area contributed by atoms with Crippen LogP contribution in [0.15, 0.2) is 48.5 Å². The number of hydrogen-bond donors (Lipinski definition) is 2.